The van der Waals surface area contributed by atoms with Gasteiger partial charge < -0.3 is 4.48 Å². The smallest absolute Gasteiger partial charge is 0.105 e. The highest BCUT2D eigenvalue weighted by Gasteiger charge is 2.28. The first-order valence-corrected chi connectivity index (χ1v) is 12.3. The monoisotopic (exact) mass is 414 g/mol. The standard InChI is InChI=1S/C30H40N/c1-2-3-4-5-6-7-17-24-31(25-28-18-11-8-12-19-28,26-29-20-13-9-14-21-29)27-30-22-15-10-16-23-30/h8-16,18-23H,2-7,17,24-27H2,1H3/q+1. The highest BCUT2D eigenvalue weighted by molar-refractivity contribution is 5.17. The number of quaternary nitrogens is 1. The minimum atomic E-state index is 1.08. The lowest BCUT2D eigenvalue weighted by atomic mass is 10.0. The molecule has 3 aromatic rings. The molecule has 0 aromatic heterocycles. The number of hydrogen-bond donors (Lipinski definition) is 0. The van der Waals surface area contributed by atoms with Crippen molar-refractivity contribution in [2.24, 2.45) is 0 Å². The third-order valence-corrected chi connectivity index (χ3v) is 6.32. The fourth-order valence-electron chi connectivity index (χ4n) is 4.72. The molecule has 0 aliphatic heterocycles. The minimum absolute atomic E-state index is 1.08. The SMILES string of the molecule is CCCCCCCCC[N+](Cc1ccccc1)(Cc1ccccc1)Cc1ccccc1. The van der Waals surface area contributed by atoms with Gasteiger partial charge >= 0.3 is 0 Å². The van der Waals surface area contributed by atoms with E-state index in [2.05, 4.69) is 97.9 Å². The summed E-state index contributed by atoms with van der Waals surface area (Å²) in [5.74, 6) is 0. The van der Waals surface area contributed by atoms with Crippen molar-refractivity contribution in [2.45, 2.75) is 71.5 Å². The molecule has 1 nitrogen and oxygen atoms in total. The average Bonchev–Trinajstić information content (AvgIpc) is 2.80. The zero-order valence-electron chi connectivity index (χ0n) is 19.4. The molecule has 0 unspecified atom stereocenters. The summed E-state index contributed by atoms with van der Waals surface area (Å²) in [6.07, 6.45) is 9.53. The highest BCUT2D eigenvalue weighted by Crippen LogP contribution is 2.25. The molecule has 0 aliphatic carbocycles. The molecule has 0 radical (unpaired) electrons. The van der Waals surface area contributed by atoms with Crippen molar-refractivity contribution in [1.29, 1.82) is 0 Å². The second-order valence-electron chi connectivity index (χ2n) is 9.12. The summed E-state index contributed by atoms with van der Waals surface area (Å²) in [5.41, 5.74) is 4.33. The van der Waals surface area contributed by atoms with E-state index in [9.17, 15) is 0 Å². The summed E-state index contributed by atoms with van der Waals surface area (Å²) in [4.78, 5) is 0. The summed E-state index contributed by atoms with van der Waals surface area (Å²) in [6.45, 7) is 6.77. The van der Waals surface area contributed by atoms with Gasteiger partial charge in [0, 0.05) is 16.7 Å². The van der Waals surface area contributed by atoms with Crippen LogP contribution in [0, 0.1) is 0 Å². The Bertz CT molecular complexity index is 725. The van der Waals surface area contributed by atoms with Crippen LogP contribution in [0.1, 0.15) is 68.6 Å². The van der Waals surface area contributed by atoms with Gasteiger partial charge in [0.2, 0.25) is 0 Å². The molecule has 1 heteroatoms. The summed E-state index contributed by atoms with van der Waals surface area (Å²) in [5, 5.41) is 0. The lowest BCUT2D eigenvalue weighted by molar-refractivity contribution is -0.966. The first-order valence-electron chi connectivity index (χ1n) is 12.3. The van der Waals surface area contributed by atoms with Gasteiger partial charge in [-0.05, 0) is 12.8 Å². The Hall–Kier alpha value is -2.38. The van der Waals surface area contributed by atoms with E-state index in [4.69, 9.17) is 0 Å². The van der Waals surface area contributed by atoms with E-state index in [1.807, 2.05) is 0 Å². The van der Waals surface area contributed by atoms with Crippen molar-refractivity contribution >= 4 is 0 Å². The van der Waals surface area contributed by atoms with Crippen LogP contribution in [-0.2, 0) is 19.6 Å². The van der Waals surface area contributed by atoms with Crippen molar-refractivity contribution in [3.63, 3.8) is 0 Å². The molecule has 31 heavy (non-hydrogen) atoms. The molecule has 0 spiro atoms. The van der Waals surface area contributed by atoms with Crippen molar-refractivity contribution < 1.29 is 4.48 Å². The van der Waals surface area contributed by atoms with Crippen LogP contribution >= 0.6 is 0 Å². The predicted molar refractivity (Wildman–Crippen MR) is 134 cm³/mol. The van der Waals surface area contributed by atoms with Crippen LogP contribution in [0.5, 0.6) is 0 Å². The highest BCUT2D eigenvalue weighted by atomic mass is 15.3. The van der Waals surface area contributed by atoms with Crippen LogP contribution in [0.4, 0.5) is 0 Å². The van der Waals surface area contributed by atoms with Crippen LogP contribution in [0.2, 0.25) is 0 Å². The Morgan fingerprint density at radius 2 is 0.806 bits per heavy atom. The Balaban J connectivity index is 1.78. The number of unbranched alkanes of at least 4 members (excludes halogenated alkanes) is 6. The van der Waals surface area contributed by atoms with Gasteiger partial charge in [0.15, 0.2) is 0 Å². The van der Waals surface area contributed by atoms with Gasteiger partial charge in [-0.3, -0.25) is 0 Å². The molecule has 0 N–H and O–H groups in total. The number of benzene rings is 3. The quantitative estimate of drug-likeness (QED) is 0.184. The maximum Gasteiger partial charge on any atom is 0.105 e. The van der Waals surface area contributed by atoms with Gasteiger partial charge in [-0.15, -0.1) is 0 Å². The average molecular weight is 415 g/mol. The molecular formula is C30H40N+. The van der Waals surface area contributed by atoms with Gasteiger partial charge in [-0.1, -0.05) is 130 Å². The molecule has 0 atom stereocenters. The van der Waals surface area contributed by atoms with E-state index in [1.165, 1.54) is 68.2 Å². The Kier molecular flexibility index (Phi) is 9.86. The van der Waals surface area contributed by atoms with Crippen LogP contribution in [-0.4, -0.2) is 11.0 Å². The van der Waals surface area contributed by atoms with Crippen LogP contribution in [0.3, 0.4) is 0 Å². The molecule has 0 saturated heterocycles. The first kappa shape index (κ1) is 23.3. The summed E-state index contributed by atoms with van der Waals surface area (Å²) >= 11 is 0. The van der Waals surface area contributed by atoms with Crippen LogP contribution in [0.25, 0.3) is 0 Å². The van der Waals surface area contributed by atoms with Gasteiger partial charge in [-0.2, -0.15) is 0 Å². The summed E-state index contributed by atoms with van der Waals surface area (Å²) < 4.78 is 1.09. The van der Waals surface area contributed by atoms with Gasteiger partial charge in [0.05, 0.1) is 6.54 Å². The van der Waals surface area contributed by atoms with Crippen LogP contribution < -0.4 is 0 Å². The van der Waals surface area contributed by atoms with Crippen molar-refractivity contribution in [3.8, 4) is 0 Å². The van der Waals surface area contributed by atoms with Crippen LogP contribution in [0.15, 0.2) is 91.0 Å². The predicted octanol–water partition coefficient (Wildman–Crippen LogP) is 8.15. The van der Waals surface area contributed by atoms with Gasteiger partial charge in [0.25, 0.3) is 0 Å². The topological polar surface area (TPSA) is 0 Å². The van der Waals surface area contributed by atoms with Crippen molar-refractivity contribution in [1.82, 2.24) is 0 Å². The third-order valence-electron chi connectivity index (χ3n) is 6.32. The van der Waals surface area contributed by atoms with E-state index in [-0.39, 0.29) is 0 Å². The zero-order chi connectivity index (χ0) is 21.6. The maximum absolute atomic E-state index is 2.30. The normalized spacial score (nSPS) is 11.5. The number of rotatable bonds is 14. The van der Waals surface area contributed by atoms with E-state index >= 15 is 0 Å². The molecule has 0 amide bonds. The Morgan fingerprint density at radius 1 is 0.452 bits per heavy atom. The van der Waals surface area contributed by atoms with E-state index < -0.39 is 0 Å². The van der Waals surface area contributed by atoms with Gasteiger partial charge in [-0.25, -0.2) is 0 Å². The van der Waals surface area contributed by atoms with Crippen molar-refractivity contribution in [2.75, 3.05) is 6.54 Å². The molecule has 3 rings (SSSR count). The Labute approximate surface area is 190 Å². The minimum Gasteiger partial charge on any atom is -0.312 e. The second kappa shape index (κ2) is 13.1. The fraction of sp³-hybridized carbons (Fsp3) is 0.400. The summed E-state index contributed by atoms with van der Waals surface area (Å²) in [6, 6.07) is 33.3. The number of hydrogen-bond acceptors (Lipinski definition) is 0. The molecule has 0 aliphatic rings. The molecular weight excluding hydrogens is 374 g/mol. The fourth-order valence-corrected chi connectivity index (χ4v) is 4.72. The van der Waals surface area contributed by atoms with Gasteiger partial charge in [0.1, 0.15) is 19.6 Å². The lowest BCUT2D eigenvalue weighted by Gasteiger charge is -2.39. The first-order chi connectivity index (χ1) is 15.3. The molecule has 0 heterocycles. The molecule has 0 fully saturated rings. The molecule has 3 aromatic carbocycles. The summed E-state index contributed by atoms with van der Waals surface area (Å²) in [7, 11) is 0. The maximum atomic E-state index is 2.30. The largest absolute Gasteiger partial charge is 0.312 e. The van der Waals surface area contributed by atoms with E-state index in [0.29, 0.717) is 0 Å². The number of nitrogens with zero attached hydrogens (tertiary/aromatic N) is 1. The third kappa shape index (κ3) is 8.34. The molecule has 0 bridgehead atoms. The lowest BCUT2D eigenvalue weighted by Crippen LogP contribution is -2.46. The second-order valence-corrected chi connectivity index (χ2v) is 9.12. The van der Waals surface area contributed by atoms with Crippen molar-refractivity contribution in [3.05, 3.63) is 108 Å². The molecule has 0 saturated carbocycles. The zero-order valence-corrected chi connectivity index (χ0v) is 19.4. The molecule has 164 valence electrons. The van der Waals surface area contributed by atoms with E-state index in [0.717, 1.165) is 24.1 Å². The Morgan fingerprint density at radius 3 is 1.19 bits per heavy atom. The van der Waals surface area contributed by atoms with E-state index in [1.54, 1.807) is 0 Å².